The fraction of sp³-hybridized carbons (Fsp3) is 0.0606. The van der Waals surface area contributed by atoms with Crippen molar-refractivity contribution in [2.24, 2.45) is 0 Å². The Hall–Kier alpha value is -8.01. The van der Waals surface area contributed by atoms with E-state index in [4.69, 9.17) is 0 Å². The minimum atomic E-state index is -1.67. The highest BCUT2D eigenvalue weighted by Crippen LogP contribution is 2.53. The average molecular weight is 899 g/mol. The molecule has 0 saturated heterocycles. The molecule has 0 N–H and O–H groups in total. The van der Waals surface area contributed by atoms with Gasteiger partial charge in [-0.05, 0) is 69.4 Å². The van der Waals surface area contributed by atoms with Gasteiger partial charge in [0.2, 0.25) is 0 Å². The molecule has 0 atom stereocenters. The summed E-state index contributed by atoms with van der Waals surface area (Å²) in [6.45, 7) is 0. The molecule has 10 aromatic rings. The van der Waals surface area contributed by atoms with Crippen molar-refractivity contribution in [3.8, 4) is 0 Å². The van der Waals surface area contributed by atoms with Gasteiger partial charge in [-0.25, -0.2) is 0 Å². The first-order valence-electron chi connectivity index (χ1n) is 24.8. The van der Waals surface area contributed by atoms with Crippen LogP contribution in [0, 0.1) is 0 Å². The van der Waals surface area contributed by atoms with E-state index in [1.165, 1.54) is 99.5 Å². The minimum absolute atomic E-state index is 0.666. The van der Waals surface area contributed by atoms with Gasteiger partial charge >= 0.3 is 0 Å². The second-order valence-corrected chi connectivity index (χ2v) is 20.5. The second-order valence-electron chi connectivity index (χ2n) is 20.5. The van der Waals surface area contributed by atoms with Crippen LogP contribution in [0.1, 0.15) is 33.4 Å². The van der Waals surface area contributed by atoms with E-state index < -0.39 is 12.6 Å². The van der Waals surface area contributed by atoms with E-state index in [1.54, 1.807) is 0 Å². The van der Waals surface area contributed by atoms with E-state index in [2.05, 4.69) is 295 Å². The number of quaternary nitrogens is 2. The Balaban J connectivity index is 1.16. The normalized spacial score (nSPS) is 16.3. The Bertz CT molecular complexity index is 3300. The van der Waals surface area contributed by atoms with Crippen LogP contribution >= 0.6 is 0 Å². The van der Waals surface area contributed by atoms with E-state index in [0.29, 0.717) is 8.79 Å². The topological polar surface area (TPSA) is 0 Å². The number of rotatable bonds is 8. The third-order valence-electron chi connectivity index (χ3n) is 16.6. The van der Waals surface area contributed by atoms with E-state index in [9.17, 15) is 0 Å². The van der Waals surface area contributed by atoms with Crippen molar-refractivity contribution in [3.05, 3.63) is 300 Å². The van der Waals surface area contributed by atoms with Crippen LogP contribution in [0.4, 0.5) is 11.4 Å². The molecule has 10 aromatic carbocycles. The summed E-state index contributed by atoms with van der Waals surface area (Å²) in [5.41, 5.74) is 20.6. The summed E-state index contributed by atoms with van der Waals surface area (Å²) in [6, 6.07) is 100. The fourth-order valence-corrected chi connectivity index (χ4v) is 13.8. The molecule has 0 bridgehead atoms. The molecule has 2 aliphatic rings. The van der Waals surface area contributed by atoms with Crippen molar-refractivity contribution in [1.29, 1.82) is 0 Å². The quantitative estimate of drug-likeness (QED) is 0.133. The smallest absolute Gasteiger partial charge is 0.296 e. The molecular formula is C66H56B2N2. The maximum atomic E-state index is 2.46. The zero-order valence-corrected chi connectivity index (χ0v) is 40.5. The van der Waals surface area contributed by atoms with E-state index >= 15 is 0 Å². The lowest BCUT2D eigenvalue weighted by molar-refractivity contribution is 0.610. The maximum Gasteiger partial charge on any atom is 0.296 e. The van der Waals surface area contributed by atoms with Crippen molar-refractivity contribution in [1.82, 2.24) is 8.79 Å². The highest BCUT2D eigenvalue weighted by molar-refractivity contribution is 7.17. The first-order valence-corrected chi connectivity index (χ1v) is 24.8. The van der Waals surface area contributed by atoms with Crippen LogP contribution in [0.25, 0.3) is 32.9 Å². The molecule has 2 heterocycles. The number of nitrogens with zero attached hydrogens (tertiary/aromatic N) is 2. The van der Waals surface area contributed by atoms with Crippen LogP contribution in [0.15, 0.2) is 267 Å². The summed E-state index contributed by atoms with van der Waals surface area (Å²) >= 11 is 0. The summed E-state index contributed by atoms with van der Waals surface area (Å²) in [5, 5.41) is 2.42. The van der Waals surface area contributed by atoms with Crippen LogP contribution in [0.3, 0.4) is 0 Å². The van der Waals surface area contributed by atoms with Gasteiger partial charge in [-0.1, -0.05) is 242 Å². The van der Waals surface area contributed by atoms with Gasteiger partial charge in [0.15, 0.2) is 0 Å². The standard InChI is InChI=1S/C66H56B2N2/c1-69(2)61-41-25-23-39-59(61)63(65(49-27-11-5-12-28-49)67(69,55-31-15-7-16-32-55)56-33-17-8-18-34-56)53-45-43-52-48-54(46-44-51(52)47-53)64-60-40-24-26-42-62(60)70(3,4)68(57-35-19-9-20-36-57,58-37-21-10-22-38-58)66(64)50-29-13-6-14-30-50/h5-48H,1-4H3. The molecule has 0 aromatic heterocycles. The molecular weight excluding hydrogens is 842 g/mol. The number of benzene rings is 10. The molecule has 0 amide bonds. The van der Waals surface area contributed by atoms with E-state index in [-0.39, 0.29) is 0 Å². The van der Waals surface area contributed by atoms with Crippen LogP contribution in [0.5, 0.6) is 0 Å². The van der Waals surface area contributed by atoms with Crippen molar-refractivity contribution < 1.29 is 0 Å². The lowest BCUT2D eigenvalue weighted by Crippen LogP contribution is -2.80. The van der Waals surface area contributed by atoms with Crippen LogP contribution < -0.4 is 30.6 Å². The average Bonchev–Trinajstić information content (AvgIpc) is 3.42. The van der Waals surface area contributed by atoms with Crippen LogP contribution in [-0.4, -0.2) is 40.8 Å². The van der Waals surface area contributed by atoms with Crippen molar-refractivity contribution in [2.75, 3.05) is 28.2 Å². The SMILES string of the molecule is C[N+]1(C)c2ccccc2C(c2ccc3cc(C4=C(c5ccccc5)[B-](c5ccccc5)(c5ccccc5)[N+](C)(C)c5ccccc54)ccc3c2)=C(c2ccccc2)[B-]1(c1ccccc1)c1ccccc1. The number of hydrogen-bond acceptors (Lipinski definition) is 0. The number of para-hydroxylation sites is 2. The van der Waals surface area contributed by atoms with Crippen LogP contribution in [0.2, 0.25) is 0 Å². The Kier molecular flexibility index (Phi) is 10.4. The van der Waals surface area contributed by atoms with Crippen molar-refractivity contribution in [3.63, 3.8) is 0 Å². The molecule has 336 valence electrons. The molecule has 0 fully saturated rings. The van der Waals surface area contributed by atoms with Gasteiger partial charge in [-0.3, -0.25) is 0 Å². The Morgan fingerprint density at radius 3 is 0.843 bits per heavy atom. The van der Waals surface area contributed by atoms with E-state index in [1.807, 2.05) is 0 Å². The van der Waals surface area contributed by atoms with Crippen molar-refractivity contribution in [2.45, 2.75) is 0 Å². The highest BCUT2D eigenvalue weighted by Gasteiger charge is 2.55. The van der Waals surface area contributed by atoms with Gasteiger partial charge in [0.1, 0.15) is 0 Å². The van der Waals surface area contributed by atoms with Gasteiger partial charge in [-0.15, -0.1) is 32.8 Å². The third kappa shape index (κ3) is 6.30. The highest BCUT2D eigenvalue weighted by atomic mass is 15.3. The Morgan fingerprint density at radius 2 is 0.529 bits per heavy atom. The van der Waals surface area contributed by atoms with Gasteiger partial charge in [-0.2, -0.15) is 0 Å². The summed E-state index contributed by atoms with van der Waals surface area (Å²) in [7, 11) is 9.70. The largest absolute Gasteiger partial charge is 0.474 e. The lowest BCUT2D eigenvalue weighted by Gasteiger charge is -2.61. The Labute approximate surface area is 413 Å². The minimum Gasteiger partial charge on any atom is -0.474 e. The fourth-order valence-electron chi connectivity index (χ4n) is 13.8. The summed E-state index contributed by atoms with van der Waals surface area (Å²) in [6.07, 6.45) is -3.35. The summed E-state index contributed by atoms with van der Waals surface area (Å²) < 4.78 is 1.33. The van der Waals surface area contributed by atoms with Gasteiger partial charge in [0, 0.05) is 39.3 Å². The molecule has 0 radical (unpaired) electrons. The third-order valence-corrected chi connectivity index (χ3v) is 16.6. The van der Waals surface area contributed by atoms with Crippen molar-refractivity contribution >= 4 is 78.7 Å². The second kappa shape index (κ2) is 16.9. The molecule has 12 rings (SSSR count). The van der Waals surface area contributed by atoms with Gasteiger partial charge < -0.3 is 8.79 Å². The molecule has 4 heteroatoms. The number of hydrogen-bond donors (Lipinski definition) is 0. The molecule has 0 unspecified atom stereocenters. The maximum absolute atomic E-state index is 2.46. The zero-order valence-electron chi connectivity index (χ0n) is 40.5. The zero-order chi connectivity index (χ0) is 47.5. The summed E-state index contributed by atoms with van der Waals surface area (Å²) in [5.74, 6) is 0. The first-order chi connectivity index (χ1) is 34.3. The van der Waals surface area contributed by atoms with E-state index in [0.717, 1.165) is 0 Å². The van der Waals surface area contributed by atoms with Gasteiger partial charge in [0.05, 0.1) is 11.4 Å². The predicted molar refractivity (Wildman–Crippen MR) is 305 cm³/mol. The molecule has 2 aliphatic heterocycles. The first kappa shape index (κ1) is 43.3. The molecule has 2 nitrogen and oxygen atoms in total. The summed E-state index contributed by atoms with van der Waals surface area (Å²) in [4.78, 5) is 0. The predicted octanol–water partition coefficient (Wildman–Crippen LogP) is 12.5. The monoisotopic (exact) mass is 898 g/mol. The van der Waals surface area contributed by atoms with Crippen LogP contribution in [-0.2, 0) is 0 Å². The molecule has 70 heavy (non-hydrogen) atoms. The number of fused-ring (bicyclic) bond motifs is 3. The molecule has 0 saturated carbocycles. The van der Waals surface area contributed by atoms with Gasteiger partial charge in [0.25, 0.3) is 12.6 Å². The lowest BCUT2D eigenvalue weighted by atomic mass is 9.19. The molecule has 0 spiro atoms. The molecule has 0 aliphatic carbocycles. The Morgan fingerprint density at radius 1 is 0.257 bits per heavy atom.